The first-order chi connectivity index (χ1) is 17.5. The summed E-state index contributed by atoms with van der Waals surface area (Å²) in [4.78, 5) is 28.2. The number of ether oxygens (including phenoxy) is 2. The molecule has 1 saturated heterocycles. The number of hydrogen-bond donors (Lipinski definition) is 1. The molecule has 0 bridgehead atoms. The van der Waals surface area contributed by atoms with Crippen LogP contribution in [0.5, 0.6) is 11.5 Å². The van der Waals surface area contributed by atoms with Gasteiger partial charge in [0.25, 0.3) is 11.7 Å². The number of fused-ring (bicyclic) bond motifs is 1. The number of aliphatic hydroxyl groups is 1. The van der Waals surface area contributed by atoms with Crippen LogP contribution >= 0.6 is 0 Å². The molecule has 0 saturated carbocycles. The lowest BCUT2D eigenvalue weighted by Gasteiger charge is -2.26. The van der Waals surface area contributed by atoms with Crippen LogP contribution in [0.25, 0.3) is 5.76 Å². The van der Waals surface area contributed by atoms with Crippen molar-refractivity contribution in [3.8, 4) is 11.5 Å². The van der Waals surface area contributed by atoms with Gasteiger partial charge in [0, 0.05) is 18.5 Å². The highest BCUT2D eigenvalue weighted by molar-refractivity contribution is 6.46. The van der Waals surface area contributed by atoms with Crippen molar-refractivity contribution in [3.05, 3.63) is 101 Å². The lowest BCUT2D eigenvalue weighted by Crippen LogP contribution is -2.31. The van der Waals surface area contributed by atoms with Crippen molar-refractivity contribution in [1.29, 1.82) is 0 Å². The summed E-state index contributed by atoms with van der Waals surface area (Å²) in [5.41, 5.74) is 3.34. The molecule has 0 spiro atoms. The van der Waals surface area contributed by atoms with Crippen molar-refractivity contribution in [2.24, 2.45) is 0 Å². The zero-order valence-corrected chi connectivity index (χ0v) is 20.4. The Labute approximate surface area is 210 Å². The second kappa shape index (κ2) is 9.90. The molecule has 1 amide bonds. The number of ketones is 1. The van der Waals surface area contributed by atoms with E-state index in [0.29, 0.717) is 36.4 Å². The van der Waals surface area contributed by atoms with Gasteiger partial charge in [0.15, 0.2) is 0 Å². The highest BCUT2D eigenvalue weighted by Gasteiger charge is 2.46. The summed E-state index contributed by atoms with van der Waals surface area (Å²) < 4.78 is 11.5. The summed E-state index contributed by atoms with van der Waals surface area (Å²) in [6, 6.07) is 21.9. The van der Waals surface area contributed by atoms with Gasteiger partial charge in [-0.1, -0.05) is 42.5 Å². The van der Waals surface area contributed by atoms with Crippen molar-refractivity contribution in [3.63, 3.8) is 0 Å². The van der Waals surface area contributed by atoms with Crippen molar-refractivity contribution in [2.45, 2.75) is 38.8 Å². The summed E-state index contributed by atoms with van der Waals surface area (Å²) >= 11 is 0. The van der Waals surface area contributed by atoms with Gasteiger partial charge in [-0.3, -0.25) is 9.59 Å². The molecule has 0 radical (unpaired) electrons. The van der Waals surface area contributed by atoms with Crippen molar-refractivity contribution in [2.75, 3.05) is 13.2 Å². The Kier molecular flexibility index (Phi) is 6.51. The maximum absolute atomic E-state index is 13.4. The fourth-order valence-electron chi connectivity index (χ4n) is 5.02. The predicted octanol–water partition coefficient (Wildman–Crippen LogP) is 5.07. The van der Waals surface area contributed by atoms with Crippen LogP contribution in [0.15, 0.2) is 78.4 Å². The zero-order valence-electron chi connectivity index (χ0n) is 20.4. The average Bonchev–Trinajstić information content (AvgIpc) is 3.38. The van der Waals surface area contributed by atoms with E-state index in [1.54, 1.807) is 11.0 Å². The summed E-state index contributed by atoms with van der Waals surface area (Å²) in [6.07, 6.45) is 1.37. The fraction of sp³-hybridized carbons (Fsp3) is 0.267. The lowest BCUT2D eigenvalue weighted by molar-refractivity contribution is -0.139. The quantitative estimate of drug-likeness (QED) is 0.288. The van der Waals surface area contributed by atoms with Gasteiger partial charge in [-0.05, 0) is 67.3 Å². The normalized spacial score (nSPS) is 20.3. The van der Waals surface area contributed by atoms with Crippen LogP contribution in [0.3, 0.4) is 0 Å². The third kappa shape index (κ3) is 4.47. The number of benzene rings is 3. The van der Waals surface area contributed by atoms with Crippen LogP contribution in [0.2, 0.25) is 0 Å². The number of rotatable bonds is 7. The SMILES string of the molecule is CCOc1cccc([C@H]2C(=C(O)c3ccc4c(c3)C[C@@H](C)O4)C(=O)C(=O)N2CCc2ccccc2)c1. The average molecular weight is 484 g/mol. The molecule has 0 aromatic heterocycles. The number of Topliss-reactive ketones (excluding diaryl/α,β-unsaturated/α-hetero) is 1. The molecule has 5 rings (SSSR count). The monoisotopic (exact) mass is 483 g/mol. The van der Waals surface area contributed by atoms with E-state index in [1.807, 2.05) is 80.6 Å². The maximum Gasteiger partial charge on any atom is 0.295 e. The number of amides is 1. The molecule has 184 valence electrons. The van der Waals surface area contributed by atoms with Crippen LogP contribution in [0.1, 0.15) is 42.1 Å². The van der Waals surface area contributed by atoms with Gasteiger partial charge in [-0.25, -0.2) is 0 Å². The molecule has 3 aromatic rings. The van der Waals surface area contributed by atoms with E-state index in [4.69, 9.17) is 9.47 Å². The summed E-state index contributed by atoms with van der Waals surface area (Å²) in [5, 5.41) is 11.4. The highest BCUT2D eigenvalue weighted by atomic mass is 16.5. The topological polar surface area (TPSA) is 76.1 Å². The number of likely N-dealkylation sites (tertiary alicyclic amines) is 1. The first-order valence-electron chi connectivity index (χ1n) is 12.3. The predicted molar refractivity (Wildman–Crippen MR) is 137 cm³/mol. The van der Waals surface area contributed by atoms with E-state index in [2.05, 4.69) is 0 Å². The second-order valence-electron chi connectivity index (χ2n) is 9.19. The first-order valence-corrected chi connectivity index (χ1v) is 12.3. The molecule has 0 unspecified atom stereocenters. The smallest absolute Gasteiger partial charge is 0.295 e. The molecule has 36 heavy (non-hydrogen) atoms. The Balaban J connectivity index is 1.58. The molecule has 2 heterocycles. The number of carbonyl (C=O) groups is 2. The Hall–Kier alpha value is -4.06. The molecule has 2 atom stereocenters. The van der Waals surface area contributed by atoms with E-state index >= 15 is 0 Å². The minimum absolute atomic E-state index is 0.0577. The zero-order chi connectivity index (χ0) is 25.2. The number of hydrogen-bond acceptors (Lipinski definition) is 5. The fourth-order valence-corrected chi connectivity index (χ4v) is 5.02. The van der Waals surface area contributed by atoms with Crippen molar-refractivity contribution < 1.29 is 24.2 Å². The van der Waals surface area contributed by atoms with Gasteiger partial charge in [0.1, 0.15) is 23.4 Å². The van der Waals surface area contributed by atoms with E-state index < -0.39 is 17.7 Å². The number of nitrogens with zero attached hydrogens (tertiary/aromatic N) is 1. The highest BCUT2D eigenvalue weighted by Crippen LogP contribution is 2.41. The number of carbonyl (C=O) groups excluding carboxylic acids is 2. The van der Waals surface area contributed by atoms with Crippen LogP contribution in [-0.4, -0.2) is 41.0 Å². The van der Waals surface area contributed by atoms with E-state index in [0.717, 1.165) is 23.3 Å². The summed E-state index contributed by atoms with van der Waals surface area (Å²) in [6.45, 7) is 4.72. The van der Waals surface area contributed by atoms with E-state index in [1.165, 1.54) is 0 Å². The van der Waals surface area contributed by atoms with E-state index in [-0.39, 0.29) is 17.4 Å². The first kappa shape index (κ1) is 23.7. The molecular weight excluding hydrogens is 454 g/mol. The van der Waals surface area contributed by atoms with Crippen molar-refractivity contribution >= 4 is 17.4 Å². The van der Waals surface area contributed by atoms with Gasteiger partial charge in [-0.2, -0.15) is 0 Å². The molecular formula is C30H29NO5. The van der Waals surface area contributed by atoms with Gasteiger partial charge in [0.05, 0.1) is 18.2 Å². The molecule has 6 heteroatoms. The lowest BCUT2D eigenvalue weighted by atomic mass is 9.94. The van der Waals surface area contributed by atoms with Gasteiger partial charge >= 0.3 is 0 Å². The Morgan fingerprint density at radius 3 is 2.64 bits per heavy atom. The molecule has 3 aromatic carbocycles. The molecule has 0 aliphatic carbocycles. The van der Waals surface area contributed by atoms with Crippen molar-refractivity contribution in [1.82, 2.24) is 4.90 Å². The largest absolute Gasteiger partial charge is 0.507 e. The van der Waals surface area contributed by atoms with Gasteiger partial charge in [-0.15, -0.1) is 0 Å². The Bertz CT molecular complexity index is 1330. The molecule has 6 nitrogen and oxygen atoms in total. The van der Waals surface area contributed by atoms with Crippen LogP contribution in [0.4, 0.5) is 0 Å². The van der Waals surface area contributed by atoms with E-state index in [9.17, 15) is 14.7 Å². The summed E-state index contributed by atoms with van der Waals surface area (Å²) in [5.74, 6) is -0.0460. The molecule has 1 N–H and O–H groups in total. The van der Waals surface area contributed by atoms with Crippen LogP contribution in [0, 0.1) is 0 Å². The second-order valence-corrected chi connectivity index (χ2v) is 9.19. The number of aliphatic hydroxyl groups excluding tert-OH is 1. The van der Waals surface area contributed by atoms with Gasteiger partial charge < -0.3 is 19.5 Å². The Morgan fingerprint density at radius 1 is 1.06 bits per heavy atom. The third-order valence-electron chi connectivity index (χ3n) is 6.68. The third-order valence-corrected chi connectivity index (χ3v) is 6.68. The minimum atomic E-state index is -0.724. The Morgan fingerprint density at radius 2 is 1.86 bits per heavy atom. The standard InChI is InChI=1S/C30H29NO5/c1-3-35-24-11-7-10-21(18-24)27-26(28(32)22-12-13-25-23(17-22)16-19(2)36-25)29(33)30(34)31(27)15-14-20-8-5-4-6-9-20/h4-13,17-19,27,32H,3,14-16H2,1-2H3/t19-,27+/m1/s1. The van der Waals surface area contributed by atoms with Crippen LogP contribution < -0.4 is 9.47 Å². The molecule has 1 fully saturated rings. The molecule has 2 aliphatic rings. The van der Waals surface area contributed by atoms with Gasteiger partial charge in [0.2, 0.25) is 0 Å². The maximum atomic E-state index is 13.4. The minimum Gasteiger partial charge on any atom is -0.507 e. The molecule has 2 aliphatic heterocycles. The van der Waals surface area contributed by atoms with Crippen LogP contribution in [-0.2, 0) is 22.4 Å². The summed E-state index contributed by atoms with van der Waals surface area (Å²) in [7, 11) is 0.